The minimum atomic E-state index is -0.198. The summed E-state index contributed by atoms with van der Waals surface area (Å²) in [6.45, 7) is 4.24. The maximum Gasteiger partial charge on any atom is 0.322 e. The van der Waals surface area contributed by atoms with Gasteiger partial charge in [-0.05, 0) is 6.92 Å². The number of rotatable bonds is 4. The van der Waals surface area contributed by atoms with E-state index in [9.17, 15) is 4.79 Å². The lowest BCUT2D eigenvalue weighted by molar-refractivity contribution is 0.220. The highest BCUT2D eigenvalue weighted by atomic mass is 32.1. The Balaban J connectivity index is 2.02. The van der Waals surface area contributed by atoms with Gasteiger partial charge in [0.2, 0.25) is 0 Å². The maximum atomic E-state index is 12.1. The third-order valence-corrected chi connectivity index (χ3v) is 3.45. The van der Waals surface area contributed by atoms with Gasteiger partial charge in [-0.2, -0.15) is 0 Å². The van der Waals surface area contributed by atoms with E-state index in [1.54, 1.807) is 25.1 Å². The van der Waals surface area contributed by atoms with Crippen molar-refractivity contribution in [2.75, 3.05) is 12.4 Å². The van der Waals surface area contributed by atoms with E-state index in [0.717, 1.165) is 5.01 Å². The number of carbonyl (C=O) groups is 1. The number of urea groups is 1. The molecular weight excluding hydrogens is 264 g/mol. The van der Waals surface area contributed by atoms with E-state index in [-0.39, 0.29) is 6.03 Å². The Bertz CT molecular complexity index is 550. The summed E-state index contributed by atoms with van der Waals surface area (Å²) < 4.78 is 5.14. The summed E-state index contributed by atoms with van der Waals surface area (Å²) in [4.78, 5) is 17.8. The fourth-order valence-electron chi connectivity index (χ4n) is 1.63. The van der Waals surface area contributed by atoms with Crippen LogP contribution in [-0.2, 0) is 13.0 Å². The molecule has 2 heterocycles. The number of hydrogen-bond acceptors (Lipinski definition) is 5. The molecule has 0 aliphatic rings. The first-order valence-electron chi connectivity index (χ1n) is 5.97. The SMILES string of the molecule is CCc1onc(C)c1NC(=O)N(C)Cc1nccs1. The van der Waals surface area contributed by atoms with Crippen molar-refractivity contribution in [3.63, 3.8) is 0 Å². The molecule has 0 unspecified atom stereocenters. The number of thiazole rings is 1. The Morgan fingerprint density at radius 1 is 1.58 bits per heavy atom. The normalized spacial score (nSPS) is 10.5. The summed E-state index contributed by atoms with van der Waals surface area (Å²) in [5.41, 5.74) is 1.35. The van der Waals surface area contributed by atoms with Gasteiger partial charge in [-0.15, -0.1) is 11.3 Å². The second-order valence-corrected chi connectivity index (χ2v) is 5.11. The predicted molar refractivity (Wildman–Crippen MR) is 73.2 cm³/mol. The standard InChI is InChI=1S/C12H16N4O2S/c1-4-9-11(8(2)15-18-9)14-12(17)16(3)7-10-13-5-6-19-10/h5-6H,4,7H2,1-3H3,(H,14,17). The summed E-state index contributed by atoms with van der Waals surface area (Å²) in [7, 11) is 1.73. The molecule has 6 nitrogen and oxygen atoms in total. The number of carbonyl (C=O) groups excluding carboxylic acids is 1. The Kier molecular flexibility index (Phi) is 4.16. The van der Waals surface area contributed by atoms with Gasteiger partial charge in [-0.3, -0.25) is 0 Å². The predicted octanol–water partition coefficient (Wildman–Crippen LogP) is 2.67. The molecule has 2 aromatic rings. The van der Waals surface area contributed by atoms with E-state index in [1.807, 2.05) is 12.3 Å². The van der Waals surface area contributed by atoms with Crippen molar-refractivity contribution in [3.8, 4) is 0 Å². The molecule has 0 fully saturated rings. The Hall–Kier alpha value is -1.89. The Morgan fingerprint density at radius 2 is 2.37 bits per heavy atom. The number of aromatic nitrogens is 2. The molecule has 0 saturated heterocycles. The van der Waals surface area contributed by atoms with Crippen molar-refractivity contribution in [1.29, 1.82) is 0 Å². The number of nitrogens with zero attached hydrogens (tertiary/aromatic N) is 3. The highest BCUT2D eigenvalue weighted by molar-refractivity contribution is 7.09. The van der Waals surface area contributed by atoms with Gasteiger partial charge in [0.1, 0.15) is 16.4 Å². The van der Waals surface area contributed by atoms with Crippen molar-refractivity contribution in [2.24, 2.45) is 0 Å². The van der Waals surface area contributed by atoms with Crippen LogP contribution in [0.25, 0.3) is 0 Å². The smallest absolute Gasteiger partial charge is 0.322 e. The minimum Gasteiger partial charge on any atom is -0.359 e. The first kappa shape index (κ1) is 13.5. The zero-order valence-electron chi connectivity index (χ0n) is 11.1. The molecule has 102 valence electrons. The van der Waals surface area contributed by atoms with Crippen LogP contribution in [0.3, 0.4) is 0 Å². The van der Waals surface area contributed by atoms with Crippen LogP contribution in [0.5, 0.6) is 0 Å². The molecule has 0 saturated carbocycles. The van der Waals surface area contributed by atoms with Crippen LogP contribution in [0, 0.1) is 6.92 Å². The van der Waals surface area contributed by atoms with E-state index >= 15 is 0 Å². The van der Waals surface area contributed by atoms with E-state index < -0.39 is 0 Å². The fraction of sp³-hybridized carbons (Fsp3) is 0.417. The van der Waals surface area contributed by atoms with Gasteiger partial charge in [-0.25, -0.2) is 9.78 Å². The Morgan fingerprint density at radius 3 is 3.00 bits per heavy atom. The molecule has 0 radical (unpaired) electrons. The number of nitrogens with one attached hydrogen (secondary N) is 1. The fourth-order valence-corrected chi connectivity index (χ4v) is 2.29. The minimum absolute atomic E-state index is 0.198. The van der Waals surface area contributed by atoms with Gasteiger partial charge < -0.3 is 14.7 Å². The molecule has 0 bridgehead atoms. The quantitative estimate of drug-likeness (QED) is 0.934. The van der Waals surface area contributed by atoms with Gasteiger partial charge in [0.25, 0.3) is 0 Å². The van der Waals surface area contributed by atoms with E-state index in [1.165, 1.54) is 11.3 Å². The average molecular weight is 280 g/mol. The molecule has 0 aliphatic heterocycles. The largest absolute Gasteiger partial charge is 0.359 e. The van der Waals surface area contributed by atoms with Crippen molar-refractivity contribution >= 4 is 23.1 Å². The zero-order chi connectivity index (χ0) is 13.8. The lowest BCUT2D eigenvalue weighted by atomic mass is 10.2. The van der Waals surface area contributed by atoms with Crippen LogP contribution in [0.1, 0.15) is 23.4 Å². The molecule has 0 aromatic carbocycles. The highest BCUT2D eigenvalue weighted by Gasteiger charge is 2.17. The van der Waals surface area contributed by atoms with Crippen LogP contribution >= 0.6 is 11.3 Å². The summed E-state index contributed by atoms with van der Waals surface area (Å²) in [5.74, 6) is 0.688. The molecule has 2 amide bonds. The third-order valence-electron chi connectivity index (χ3n) is 2.69. The second kappa shape index (κ2) is 5.83. The van der Waals surface area contributed by atoms with Gasteiger partial charge in [0.05, 0.1) is 6.54 Å². The number of amides is 2. The molecular formula is C12H16N4O2S. The lowest BCUT2D eigenvalue weighted by Crippen LogP contribution is -2.31. The molecule has 2 aromatic heterocycles. The summed E-state index contributed by atoms with van der Waals surface area (Å²) in [6, 6.07) is -0.198. The van der Waals surface area contributed by atoms with Crippen LogP contribution in [-0.4, -0.2) is 28.1 Å². The van der Waals surface area contributed by atoms with Crippen LogP contribution in [0.2, 0.25) is 0 Å². The third kappa shape index (κ3) is 3.11. The second-order valence-electron chi connectivity index (χ2n) is 4.13. The molecule has 2 rings (SSSR count). The van der Waals surface area contributed by atoms with E-state index in [4.69, 9.17) is 4.52 Å². The van der Waals surface area contributed by atoms with Gasteiger partial charge >= 0.3 is 6.03 Å². The monoisotopic (exact) mass is 280 g/mol. The van der Waals surface area contributed by atoms with Crippen molar-refractivity contribution < 1.29 is 9.32 Å². The molecule has 0 spiro atoms. The topological polar surface area (TPSA) is 71.3 Å². The van der Waals surface area contributed by atoms with Gasteiger partial charge in [-0.1, -0.05) is 12.1 Å². The van der Waals surface area contributed by atoms with E-state index in [2.05, 4.69) is 15.5 Å². The first-order valence-corrected chi connectivity index (χ1v) is 6.85. The van der Waals surface area contributed by atoms with Crippen LogP contribution in [0.15, 0.2) is 16.1 Å². The van der Waals surface area contributed by atoms with Crippen molar-refractivity contribution in [1.82, 2.24) is 15.0 Å². The summed E-state index contributed by atoms with van der Waals surface area (Å²) in [5, 5.41) is 9.47. The average Bonchev–Trinajstić information content (AvgIpc) is 3.00. The Labute approximate surface area is 115 Å². The van der Waals surface area contributed by atoms with Crippen molar-refractivity contribution in [2.45, 2.75) is 26.8 Å². The molecule has 7 heteroatoms. The molecule has 1 N–H and O–H groups in total. The van der Waals surface area contributed by atoms with E-state index in [0.29, 0.717) is 30.1 Å². The molecule has 19 heavy (non-hydrogen) atoms. The maximum absolute atomic E-state index is 12.1. The van der Waals surface area contributed by atoms with Crippen molar-refractivity contribution in [3.05, 3.63) is 28.0 Å². The number of aryl methyl sites for hydroxylation is 2. The molecule has 0 atom stereocenters. The highest BCUT2D eigenvalue weighted by Crippen LogP contribution is 2.21. The first-order chi connectivity index (χ1) is 9.11. The number of anilines is 1. The van der Waals surface area contributed by atoms with Gasteiger partial charge in [0, 0.05) is 25.0 Å². The summed E-state index contributed by atoms with van der Waals surface area (Å²) >= 11 is 1.52. The van der Waals surface area contributed by atoms with Crippen LogP contribution < -0.4 is 5.32 Å². The lowest BCUT2D eigenvalue weighted by Gasteiger charge is -2.16. The van der Waals surface area contributed by atoms with Crippen LogP contribution in [0.4, 0.5) is 10.5 Å². The van der Waals surface area contributed by atoms with Gasteiger partial charge in [0.15, 0.2) is 5.76 Å². The number of hydrogen-bond donors (Lipinski definition) is 1. The molecule has 0 aliphatic carbocycles. The zero-order valence-corrected chi connectivity index (χ0v) is 12.0. The summed E-state index contributed by atoms with van der Waals surface area (Å²) in [6.07, 6.45) is 2.41.